The van der Waals surface area contributed by atoms with E-state index in [-0.39, 0.29) is 5.75 Å². The molecule has 1 aliphatic heterocycles. The van der Waals surface area contributed by atoms with Crippen molar-refractivity contribution in [1.29, 1.82) is 0 Å². The first-order valence-corrected chi connectivity index (χ1v) is 7.63. The number of nitrogens with one attached hydrogen (secondary N) is 2. The van der Waals surface area contributed by atoms with Crippen molar-refractivity contribution in [2.45, 2.75) is 0 Å². The van der Waals surface area contributed by atoms with Gasteiger partial charge in [-0.05, 0) is 30.3 Å². The fourth-order valence-corrected chi connectivity index (χ4v) is 2.85. The summed E-state index contributed by atoms with van der Waals surface area (Å²) in [4.78, 5) is 28.3. The number of pyridine rings is 1. The van der Waals surface area contributed by atoms with E-state index in [9.17, 15) is 14.7 Å². The minimum atomic E-state index is -0.461. The van der Waals surface area contributed by atoms with E-state index in [2.05, 4.69) is 15.6 Å². The number of rotatable bonds is 2. The number of carbonyl (C=O) groups is 2. The average Bonchev–Trinajstić information content (AvgIpc) is 2.63. The van der Waals surface area contributed by atoms with Crippen molar-refractivity contribution < 1.29 is 14.7 Å². The molecule has 3 aromatic rings. The second-order valence-corrected chi connectivity index (χ2v) is 5.56. The topological polar surface area (TPSA) is 91.3 Å². The van der Waals surface area contributed by atoms with Crippen LogP contribution in [0.25, 0.3) is 16.5 Å². The summed E-state index contributed by atoms with van der Waals surface area (Å²) in [6.07, 6.45) is 3.15. The third-order valence-corrected chi connectivity index (χ3v) is 4.05. The van der Waals surface area contributed by atoms with Gasteiger partial charge in [-0.2, -0.15) is 0 Å². The van der Waals surface area contributed by atoms with Gasteiger partial charge in [0.1, 0.15) is 11.3 Å². The van der Waals surface area contributed by atoms with Crippen molar-refractivity contribution in [1.82, 2.24) is 10.3 Å². The summed E-state index contributed by atoms with van der Waals surface area (Å²) in [7, 11) is 0. The fourth-order valence-electron chi connectivity index (χ4n) is 2.85. The summed E-state index contributed by atoms with van der Waals surface area (Å²) in [6, 6.07) is 13.8. The Bertz CT molecular complexity index is 1060. The van der Waals surface area contributed by atoms with Gasteiger partial charge in [-0.25, -0.2) is 0 Å². The van der Waals surface area contributed by atoms with E-state index in [4.69, 9.17) is 0 Å². The molecule has 6 heteroatoms. The standard InChI is InChI=1S/C19H13N3O3/c23-16-8-7-15(13-6-3-9-20-17(13)16)21-10-14-11-4-1-2-5-12(11)18(24)22-19(14)25/h1-10,21,23H,(H,22,24,25). The number of phenolic OH excluding ortho intramolecular Hbond substituents is 1. The molecule has 4 rings (SSSR count). The van der Waals surface area contributed by atoms with E-state index in [1.807, 2.05) is 6.07 Å². The Hall–Kier alpha value is -3.67. The molecule has 0 unspecified atom stereocenters. The summed E-state index contributed by atoms with van der Waals surface area (Å²) < 4.78 is 0. The van der Waals surface area contributed by atoms with Crippen LogP contribution < -0.4 is 10.6 Å². The molecule has 0 saturated heterocycles. The van der Waals surface area contributed by atoms with Gasteiger partial charge in [0, 0.05) is 34.6 Å². The van der Waals surface area contributed by atoms with Crippen LogP contribution in [0.5, 0.6) is 5.75 Å². The Labute approximate surface area is 142 Å². The van der Waals surface area contributed by atoms with Crippen LogP contribution >= 0.6 is 0 Å². The number of carbonyl (C=O) groups excluding carboxylic acids is 2. The molecule has 0 bridgehead atoms. The number of hydrogen-bond donors (Lipinski definition) is 3. The maximum atomic E-state index is 12.2. The zero-order valence-electron chi connectivity index (χ0n) is 13.0. The Balaban J connectivity index is 1.78. The molecule has 2 heterocycles. The van der Waals surface area contributed by atoms with Gasteiger partial charge in [0.2, 0.25) is 0 Å². The molecule has 0 saturated carbocycles. The number of imide groups is 1. The van der Waals surface area contributed by atoms with Gasteiger partial charge in [0.05, 0.1) is 5.57 Å². The smallest absolute Gasteiger partial charge is 0.260 e. The third-order valence-electron chi connectivity index (χ3n) is 4.05. The zero-order valence-corrected chi connectivity index (χ0v) is 13.0. The van der Waals surface area contributed by atoms with E-state index < -0.39 is 11.8 Å². The normalized spacial score (nSPS) is 15.1. The van der Waals surface area contributed by atoms with E-state index in [0.29, 0.717) is 27.9 Å². The molecule has 6 nitrogen and oxygen atoms in total. The van der Waals surface area contributed by atoms with Crippen molar-refractivity contribution >= 4 is 34.0 Å². The van der Waals surface area contributed by atoms with Crippen LogP contribution in [0.4, 0.5) is 5.69 Å². The van der Waals surface area contributed by atoms with Gasteiger partial charge in [-0.1, -0.05) is 18.2 Å². The fraction of sp³-hybridized carbons (Fsp3) is 0. The van der Waals surface area contributed by atoms with Crippen LogP contribution in [0, 0.1) is 0 Å². The molecule has 25 heavy (non-hydrogen) atoms. The number of benzene rings is 2. The molecule has 122 valence electrons. The van der Waals surface area contributed by atoms with Crippen LogP contribution in [-0.4, -0.2) is 21.9 Å². The van der Waals surface area contributed by atoms with Crippen molar-refractivity contribution in [3.63, 3.8) is 0 Å². The van der Waals surface area contributed by atoms with Crippen molar-refractivity contribution in [2.24, 2.45) is 0 Å². The lowest BCUT2D eigenvalue weighted by molar-refractivity contribution is -0.114. The number of hydrogen-bond acceptors (Lipinski definition) is 5. The van der Waals surface area contributed by atoms with Crippen LogP contribution in [-0.2, 0) is 4.79 Å². The van der Waals surface area contributed by atoms with Gasteiger partial charge in [-0.3, -0.25) is 19.9 Å². The van der Waals surface area contributed by atoms with Crippen LogP contribution in [0.2, 0.25) is 0 Å². The molecular weight excluding hydrogens is 318 g/mol. The zero-order chi connectivity index (χ0) is 17.4. The first-order chi connectivity index (χ1) is 12.1. The maximum Gasteiger partial charge on any atom is 0.260 e. The van der Waals surface area contributed by atoms with Crippen molar-refractivity contribution in [2.75, 3.05) is 5.32 Å². The van der Waals surface area contributed by atoms with Crippen LogP contribution in [0.3, 0.4) is 0 Å². The molecule has 0 radical (unpaired) electrons. The van der Waals surface area contributed by atoms with Crippen molar-refractivity contribution in [3.8, 4) is 5.75 Å². The molecule has 0 atom stereocenters. The first-order valence-electron chi connectivity index (χ1n) is 7.63. The Morgan fingerprint density at radius 1 is 0.960 bits per heavy atom. The van der Waals surface area contributed by atoms with E-state index in [1.54, 1.807) is 48.8 Å². The monoisotopic (exact) mass is 331 g/mol. The Morgan fingerprint density at radius 3 is 2.60 bits per heavy atom. The molecule has 3 N–H and O–H groups in total. The highest BCUT2D eigenvalue weighted by Crippen LogP contribution is 2.30. The molecule has 0 aliphatic carbocycles. The molecule has 1 aliphatic rings. The van der Waals surface area contributed by atoms with Crippen LogP contribution in [0.1, 0.15) is 15.9 Å². The molecule has 1 aromatic heterocycles. The number of anilines is 1. The SMILES string of the molecule is O=C1NC(=O)c2ccccc2C1=CNc1ccc(O)c2ncccc12. The molecular formula is C19H13N3O3. The molecule has 2 amide bonds. The number of aromatic hydroxyl groups is 1. The first kappa shape index (κ1) is 14.9. The number of fused-ring (bicyclic) bond motifs is 2. The van der Waals surface area contributed by atoms with E-state index in [1.165, 1.54) is 6.07 Å². The predicted molar refractivity (Wildman–Crippen MR) is 93.9 cm³/mol. The lowest BCUT2D eigenvalue weighted by atomic mass is 9.95. The summed E-state index contributed by atoms with van der Waals surface area (Å²) in [5.74, 6) is -0.783. The minimum Gasteiger partial charge on any atom is -0.506 e. The van der Waals surface area contributed by atoms with Gasteiger partial charge < -0.3 is 10.4 Å². The average molecular weight is 331 g/mol. The maximum absolute atomic E-state index is 12.2. The second-order valence-electron chi connectivity index (χ2n) is 5.56. The predicted octanol–water partition coefficient (Wildman–Crippen LogP) is 2.66. The van der Waals surface area contributed by atoms with Crippen molar-refractivity contribution in [3.05, 3.63) is 72.1 Å². The second kappa shape index (κ2) is 5.76. The highest BCUT2D eigenvalue weighted by Gasteiger charge is 2.26. The summed E-state index contributed by atoms with van der Waals surface area (Å²) in [5, 5.41) is 16.0. The number of aromatic nitrogens is 1. The summed E-state index contributed by atoms with van der Waals surface area (Å²) in [6.45, 7) is 0. The number of nitrogens with zero attached hydrogens (tertiary/aromatic N) is 1. The third kappa shape index (κ3) is 2.49. The summed E-state index contributed by atoms with van der Waals surface area (Å²) in [5.41, 5.74) is 2.54. The minimum absolute atomic E-state index is 0.0835. The van der Waals surface area contributed by atoms with Gasteiger partial charge in [0.25, 0.3) is 11.8 Å². The molecule has 2 aromatic carbocycles. The Kier molecular flexibility index (Phi) is 3.43. The number of phenols is 1. The molecule has 0 fully saturated rings. The highest BCUT2D eigenvalue weighted by molar-refractivity contribution is 6.31. The summed E-state index contributed by atoms with van der Waals surface area (Å²) >= 11 is 0. The lowest BCUT2D eigenvalue weighted by Crippen LogP contribution is -2.36. The van der Waals surface area contributed by atoms with Crippen LogP contribution in [0.15, 0.2) is 60.9 Å². The largest absolute Gasteiger partial charge is 0.506 e. The Morgan fingerprint density at radius 2 is 1.76 bits per heavy atom. The molecule has 0 spiro atoms. The van der Waals surface area contributed by atoms with Gasteiger partial charge >= 0.3 is 0 Å². The van der Waals surface area contributed by atoms with E-state index >= 15 is 0 Å². The van der Waals surface area contributed by atoms with Gasteiger partial charge in [-0.15, -0.1) is 0 Å². The lowest BCUT2D eigenvalue weighted by Gasteiger charge is -2.18. The number of amides is 2. The van der Waals surface area contributed by atoms with Gasteiger partial charge in [0.15, 0.2) is 0 Å². The van der Waals surface area contributed by atoms with E-state index in [0.717, 1.165) is 5.39 Å². The quantitative estimate of drug-likeness (QED) is 0.381. The highest BCUT2D eigenvalue weighted by atomic mass is 16.3.